The number of β-amino-alcohol motifs (C(OH)–C–C–N with tert-alkyl or cyclic N) is 1. The average Bonchev–Trinajstić information content (AvgIpc) is 2.79. The fourth-order valence-electron chi connectivity index (χ4n) is 2.43. The van der Waals surface area contributed by atoms with Crippen LogP contribution in [0.5, 0.6) is 0 Å². The van der Waals surface area contributed by atoms with Crippen molar-refractivity contribution in [1.82, 2.24) is 9.80 Å². The number of likely N-dealkylation sites (N-methyl/N-ethyl adjacent to an activating group) is 2. The fourth-order valence-corrected chi connectivity index (χ4v) is 2.56. The van der Waals surface area contributed by atoms with E-state index in [2.05, 4.69) is 11.8 Å². The number of amides is 1. The van der Waals surface area contributed by atoms with Crippen LogP contribution >= 0.6 is 11.6 Å². The Morgan fingerprint density at radius 1 is 1.42 bits per heavy atom. The molecule has 1 aliphatic rings. The molecule has 1 aliphatic heterocycles. The molecule has 0 saturated carbocycles. The number of benzene rings is 1. The Labute approximate surface area is 118 Å². The average molecular weight is 283 g/mol. The summed E-state index contributed by atoms with van der Waals surface area (Å²) in [5.74, 6) is -0.0846. The summed E-state index contributed by atoms with van der Waals surface area (Å²) in [5, 5.41) is 10.7. The minimum Gasteiger partial charge on any atom is -0.390 e. The molecule has 1 saturated heterocycles. The molecule has 0 radical (unpaired) electrons. The maximum absolute atomic E-state index is 12.3. The summed E-state index contributed by atoms with van der Waals surface area (Å²) in [6, 6.07) is 6.67. The van der Waals surface area contributed by atoms with Crippen molar-refractivity contribution in [3.05, 3.63) is 34.9 Å². The maximum Gasteiger partial charge on any atom is 0.253 e. The Hall–Kier alpha value is -1.10. The molecule has 19 heavy (non-hydrogen) atoms. The summed E-state index contributed by atoms with van der Waals surface area (Å²) in [5.41, 5.74) is 0.592. The van der Waals surface area contributed by atoms with Gasteiger partial charge in [-0.3, -0.25) is 9.69 Å². The van der Waals surface area contributed by atoms with Crippen molar-refractivity contribution in [3.8, 4) is 0 Å². The van der Waals surface area contributed by atoms with Crippen LogP contribution in [-0.4, -0.2) is 59.6 Å². The molecule has 1 fully saturated rings. The van der Waals surface area contributed by atoms with Crippen LogP contribution in [0.2, 0.25) is 5.02 Å². The van der Waals surface area contributed by atoms with E-state index in [0.29, 0.717) is 23.7 Å². The van der Waals surface area contributed by atoms with Crippen molar-refractivity contribution < 1.29 is 9.90 Å². The summed E-state index contributed by atoms with van der Waals surface area (Å²) in [6.45, 7) is 4.28. The van der Waals surface area contributed by atoms with Gasteiger partial charge in [0.1, 0.15) is 0 Å². The van der Waals surface area contributed by atoms with Gasteiger partial charge in [0.2, 0.25) is 0 Å². The van der Waals surface area contributed by atoms with Gasteiger partial charge in [0.05, 0.1) is 12.1 Å². The van der Waals surface area contributed by atoms with Crippen LogP contribution in [0.15, 0.2) is 24.3 Å². The molecule has 0 aliphatic carbocycles. The van der Waals surface area contributed by atoms with Crippen molar-refractivity contribution in [3.63, 3.8) is 0 Å². The number of aliphatic hydroxyl groups is 1. The minimum absolute atomic E-state index is 0.0846. The van der Waals surface area contributed by atoms with E-state index >= 15 is 0 Å². The first-order valence-corrected chi connectivity index (χ1v) is 6.84. The van der Waals surface area contributed by atoms with E-state index < -0.39 is 6.10 Å². The van der Waals surface area contributed by atoms with Crippen LogP contribution in [0.3, 0.4) is 0 Å². The first-order chi connectivity index (χ1) is 9.02. The normalized spacial score (nSPS) is 23.6. The number of likely N-dealkylation sites (tertiary alicyclic amines) is 1. The van der Waals surface area contributed by atoms with Gasteiger partial charge >= 0.3 is 0 Å². The van der Waals surface area contributed by atoms with E-state index in [-0.39, 0.29) is 11.9 Å². The van der Waals surface area contributed by atoms with Crippen molar-refractivity contribution in [2.24, 2.45) is 0 Å². The number of hydrogen-bond donors (Lipinski definition) is 1. The van der Waals surface area contributed by atoms with Crippen LogP contribution < -0.4 is 0 Å². The molecule has 0 aromatic heterocycles. The highest BCUT2D eigenvalue weighted by Crippen LogP contribution is 2.18. The third kappa shape index (κ3) is 3.08. The Morgan fingerprint density at radius 2 is 2.05 bits per heavy atom. The standard InChI is InChI=1S/C14H19ClN2O2/c1-3-17-8-12(13(18)9-17)16(2)14(19)10-4-6-11(15)7-5-10/h4-7,12-13,18H,3,8-9H2,1-2H3/t12-,13-/m0/s1. The Kier molecular flexibility index (Phi) is 4.45. The van der Waals surface area contributed by atoms with Crippen LogP contribution in [0, 0.1) is 0 Å². The lowest BCUT2D eigenvalue weighted by Gasteiger charge is -2.26. The van der Waals surface area contributed by atoms with E-state index in [1.54, 1.807) is 36.2 Å². The fraction of sp³-hybridized carbons (Fsp3) is 0.500. The first kappa shape index (κ1) is 14.3. The molecule has 0 bridgehead atoms. The lowest BCUT2D eigenvalue weighted by atomic mass is 10.1. The summed E-state index contributed by atoms with van der Waals surface area (Å²) in [7, 11) is 1.74. The van der Waals surface area contributed by atoms with E-state index in [0.717, 1.165) is 6.54 Å². The topological polar surface area (TPSA) is 43.8 Å². The van der Waals surface area contributed by atoms with Crippen molar-refractivity contribution in [1.29, 1.82) is 0 Å². The molecule has 0 unspecified atom stereocenters. The third-order valence-electron chi connectivity index (χ3n) is 3.69. The van der Waals surface area contributed by atoms with Crippen LogP contribution in [0.25, 0.3) is 0 Å². The molecule has 1 amide bonds. The number of rotatable bonds is 3. The predicted octanol–water partition coefficient (Wildman–Crippen LogP) is 1.48. The number of halogens is 1. The summed E-state index contributed by atoms with van der Waals surface area (Å²) in [6.07, 6.45) is -0.485. The van der Waals surface area contributed by atoms with Crippen LogP contribution in [-0.2, 0) is 0 Å². The number of nitrogens with zero attached hydrogens (tertiary/aromatic N) is 2. The maximum atomic E-state index is 12.3. The zero-order valence-electron chi connectivity index (χ0n) is 11.2. The van der Waals surface area contributed by atoms with Crippen LogP contribution in [0.1, 0.15) is 17.3 Å². The van der Waals surface area contributed by atoms with Crippen molar-refractivity contribution in [2.45, 2.75) is 19.1 Å². The van der Waals surface area contributed by atoms with E-state index in [1.165, 1.54) is 0 Å². The largest absolute Gasteiger partial charge is 0.390 e. The summed E-state index contributed by atoms with van der Waals surface area (Å²) >= 11 is 5.81. The molecule has 1 heterocycles. The van der Waals surface area contributed by atoms with Gasteiger partial charge in [0.25, 0.3) is 5.91 Å². The minimum atomic E-state index is -0.485. The molecule has 104 valence electrons. The van der Waals surface area contributed by atoms with Crippen molar-refractivity contribution >= 4 is 17.5 Å². The van der Waals surface area contributed by atoms with Gasteiger partial charge in [-0.2, -0.15) is 0 Å². The molecule has 2 rings (SSSR count). The molecular formula is C14H19ClN2O2. The molecule has 4 nitrogen and oxygen atoms in total. The molecular weight excluding hydrogens is 264 g/mol. The predicted molar refractivity (Wildman–Crippen MR) is 75.5 cm³/mol. The Bertz CT molecular complexity index is 449. The van der Waals surface area contributed by atoms with Gasteiger partial charge in [-0.05, 0) is 30.8 Å². The lowest BCUT2D eigenvalue weighted by Crippen LogP contribution is -2.44. The second-order valence-electron chi connectivity index (χ2n) is 4.91. The zero-order chi connectivity index (χ0) is 14.0. The third-order valence-corrected chi connectivity index (χ3v) is 3.94. The van der Waals surface area contributed by atoms with Gasteiger partial charge in [-0.15, -0.1) is 0 Å². The second-order valence-corrected chi connectivity index (χ2v) is 5.35. The van der Waals surface area contributed by atoms with Crippen molar-refractivity contribution in [2.75, 3.05) is 26.7 Å². The smallest absolute Gasteiger partial charge is 0.253 e. The first-order valence-electron chi connectivity index (χ1n) is 6.46. The van der Waals surface area contributed by atoms with Gasteiger partial charge in [0, 0.05) is 30.7 Å². The highest BCUT2D eigenvalue weighted by atomic mass is 35.5. The lowest BCUT2D eigenvalue weighted by molar-refractivity contribution is 0.0581. The van der Waals surface area contributed by atoms with Gasteiger partial charge < -0.3 is 10.0 Å². The molecule has 2 atom stereocenters. The number of carbonyl (C=O) groups is 1. The Morgan fingerprint density at radius 3 is 2.58 bits per heavy atom. The zero-order valence-corrected chi connectivity index (χ0v) is 12.0. The van der Waals surface area contributed by atoms with E-state index in [1.807, 2.05) is 0 Å². The van der Waals surface area contributed by atoms with Gasteiger partial charge in [-0.25, -0.2) is 0 Å². The summed E-state index contributed by atoms with van der Waals surface area (Å²) < 4.78 is 0. The Balaban J connectivity index is 2.09. The van der Waals surface area contributed by atoms with Crippen LogP contribution in [0.4, 0.5) is 0 Å². The quantitative estimate of drug-likeness (QED) is 0.913. The highest BCUT2D eigenvalue weighted by Gasteiger charge is 2.35. The van der Waals surface area contributed by atoms with Gasteiger partial charge in [-0.1, -0.05) is 18.5 Å². The van der Waals surface area contributed by atoms with E-state index in [9.17, 15) is 9.90 Å². The number of aliphatic hydroxyl groups excluding tert-OH is 1. The monoisotopic (exact) mass is 282 g/mol. The van der Waals surface area contributed by atoms with Gasteiger partial charge in [0.15, 0.2) is 0 Å². The molecule has 1 N–H and O–H groups in total. The SMILES string of the molecule is CCN1C[C@H](O)[C@@H](N(C)C(=O)c2ccc(Cl)cc2)C1. The number of carbonyl (C=O) groups excluding carboxylic acids is 1. The molecule has 0 spiro atoms. The molecule has 1 aromatic carbocycles. The molecule has 5 heteroatoms. The molecule has 1 aromatic rings. The highest BCUT2D eigenvalue weighted by molar-refractivity contribution is 6.30. The number of hydrogen-bond acceptors (Lipinski definition) is 3. The summed E-state index contributed by atoms with van der Waals surface area (Å²) in [4.78, 5) is 16.1. The van der Waals surface area contributed by atoms with E-state index in [4.69, 9.17) is 11.6 Å². The second kappa shape index (κ2) is 5.90.